The van der Waals surface area contributed by atoms with Crippen LogP contribution in [0.1, 0.15) is 31.7 Å². The fourth-order valence-corrected chi connectivity index (χ4v) is 2.56. The summed E-state index contributed by atoms with van der Waals surface area (Å²) < 4.78 is 10.7. The Labute approximate surface area is 134 Å². The van der Waals surface area contributed by atoms with Crippen LogP contribution < -0.4 is 15.7 Å². The maximum absolute atomic E-state index is 11.7. The summed E-state index contributed by atoms with van der Waals surface area (Å²) in [5.41, 5.74) is 1.12. The lowest BCUT2D eigenvalue weighted by Gasteiger charge is -2.09. The lowest BCUT2D eigenvalue weighted by molar-refractivity contribution is -0.123. The third-order valence-corrected chi connectivity index (χ3v) is 3.98. The SMILES string of the molecule is CCCc1cc(=O)oc2cc(OCC(=O)NCC3CC3)ccc12. The minimum absolute atomic E-state index is 0.0306. The van der Waals surface area contributed by atoms with Gasteiger partial charge in [-0.25, -0.2) is 4.79 Å². The van der Waals surface area contributed by atoms with Crippen LogP contribution in [0.4, 0.5) is 0 Å². The molecule has 0 spiro atoms. The van der Waals surface area contributed by atoms with E-state index in [1.807, 2.05) is 6.07 Å². The number of benzene rings is 1. The zero-order valence-electron chi connectivity index (χ0n) is 13.3. The molecule has 1 aromatic heterocycles. The fourth-order valence-electron chi connectivity index (χ4n) is 2.56. The number of carbonyl (C=O) groups excluding carboxylic acids is 1. The van der Waals surface area contributed by atoms with Crippen LogP contribution in [0.2, 0.25) is 0 Å². The normalized spacial score (nSPS) is 14.0. The predicted octanol–water partition coefficient (Wildman–Crippen LogP) is 2.65. The number of rotatable bonds is 7. The number of hydrogen-bond donors (Lipinski definition) is 1. The second-order valence-electron chi connectivity index (χ2n) is 6.03. The van der Waals surface area contributed by atoms with E-state index in [9.17, 15) is 9.59 Å². The molecule has 0 saturated heterocycles. The second-order valence-corrected chi connectivity index (χ2v) is 6.03. The van der Waals surface area contributed by atoms with Crippen molar-refractivity contribution in [2.45, 2.75) is 32.6 Å². The number of hydrogen-bond acceptors (Lipinski definition) is 4. The van der Waals surface area contributed by atoms with Crippen LogP contribution in [0.25, 0.3) is 11.0 Å². The van der Waals surface area contributed by atoms with Gasteiger partial charge in [0.1, 0.15) is 11.3 Å². The monoisotopic (exact) mass is 315 g/mol. The number of nitrogens with one attached hydrogen (secondary N) is 1. The predicted molar refractivity (Wildman–Crippen MR) is 87.7 cm³/mol. The molecule has 1 amide bonds. The van der Waals surface area contributed by atoms with E-state index >= 15 is 0 Å². The Hall–Kier alpha value is -2.30. The van der Waals surface area contributed by atoms with Crippen molar-refractivity contribution < 1.29 is 13.9 Å². The molecule has 5 nitrogen and oxygen atoms in total. The van der Waals surface area contributed by atoms with Crippen LogP contribution >= 0.6 is 0 Å². The molecule has 1 saturated carbocycles. The first-order valence-electron chi connectivity index (χ1n) is 8.12. The van der Waals surface area contributed by atoms with Crippen molar-refractivity contribution in [1.82, 2.24) is 5.32 Å². The van der Waals surface area contributed by atoms with Crippen LogP contribution in [0, 0.1) is 5.92 Å². The molecule has 1 aliphatic rings. The standard InChI is InChI=1S/C18H21NO4/c1-2-3-13-8-18(21)23-16-9-14(6-7-15(13)16)22-11-17(20)19-10-12-4-5-12/h6-9,12H,2-5,10-11H2,1H3,(H,19,20). The third kappa shape index (κ3) is 4.12. The summed E-state index contributed by atoms with van der Waals surface area (Å²) >= 11 is 0. The lowest BCUT2D eigenvalue weighted by Crippen LogP contribution is -2.30. The molecule has 3 rings (SSSR count). The molecular formula is C18H21NO4. The molecule has 1 aromatic carbocycles. The topological polar surface area (TPSA) is 68.5 Å². The molecule has 0 bridgehead atoms. The highest BCUT2D eigenvalue weighted by Crippen LogP contribution is 2.27. The average Bonchev–Trinajstić information content (AvgIpc) is 3.35. The highest BCUT2D eigenvalue weighted by molar-refractivity contribution is 5.82. The maximum atomic E-state index is 11.7. The Bertz CT molecular complexity index is 761. The van der Waals surface area contributed by atoms with Gasteiger partial charge in [-0.1, -0.05) is 13.3 Å². The number of carbonyl (C=O) groups is 1. The van der Waals surface area contributed by atoms with E-state index in [-0.39, 0.29) is 18.1 Å². The zero-order valence-corrected chi connectivity index (χ0v) is 13.3. The van der Waals surface area contributed by atoms with E-state index in [4.69, 9.17) is 9.15 Å². The molecule has 23 heavy (non-hydrogen) atoms. The van der Waals surface area contributed by atoms with Gasteiger partial charge in [-0.3, -0.25) is 4.79 Å². The molecule has 1 heterocycles. The summed E-state index contributed by atoms with van der Waals surface area (Å²) in [4.78, 5) is 23.3. The number of amides is 1. The summed E-state index contributed by atoms with van der Waals surface area (Å²) in [5.74, 6) is 1.04. The average molecular weight is 315 g/mol. The van der Waals surface area contributed by atoms with Crippen molar-refractivity contribution in [3.63, 3.8) is 0 Å². The number of aryl methyl sites for hydroxylation is 1. The van der Waals surface area contributed by atoms with Crippen LogP contribution in [-0.4, -0.2) is 19.1 Å². The quantitative estimate of drug-likeness (QED) is 0.798. The van der Waals surface area contributed by atoms with Gasteiger partial charge in [-0.05, 0) is 42.9 Å². The summed E-state index contributed by atoms with van der Waals surface area (Å²) in [6.45, 7) is 2.77. The molecule has 1 aliphatic carbocycles. The summed E-state index contributed by atoms with van der Waals surface area (Å²) in [7, 11) is 0. The Morgan fingerprint density at radius 3 is 2.91 bits per heavy atom. The van der Waals surface area contributed by atoms with E-state index in [1.54, 1.807) is 12.1 Å². The van der Waals surface area contributed by atoms with E-state index < -0.39 is 0 Å². The van der Waals surface area contributed by atoms with Crippen molar-refractivity contribution in [3.05, 3.63) is 40.2 Å². The summed E-state index contributed by atoms with van der Waals surface area (Å²) in [5, 5.41) is 3.76. The van der Waals surface area contributed by atoms with Gasteiger partial charge in [0, 0.05) is 24.1 Å². The lowest BCUT2D eigenvalue weighted by atomic mass is 10.1. The van der Waals surface area contributed by atoms with Gasteiger partial charge in [0.15, 0.2) is 6.61 Å². The van der Waals surface area contributed by atoms with Gasteiger partial charge in [0.2, 0.25) is 0 Å². The van der Waals surface area contributed by atoms with Crippen LogP contribution in [-0.2, 0) is 11.2 Å². The summed E-state index contributed by atoms with van der Waals surface area (Å²) in [6, 6.07) is 6.89. The first kappa shape index (κ1) is 15.6. The Morgan fingerprint density at radius 1 is 1.35 bits per heavy atom. The Kier molecular flexibility index (Phi) is 4.65. The van der Waals surface area contributed by atoms with Gasteiger partial charge in [-0.15, -0.1) is 0 Å². The largest absolute Gasteiger partial charge is 0.484 e. The zero-order chi connectivity index (χ0) is 16.2. The van der Waals surface area contributed by atoms with Crippen molar-refractivity contribution in [1.29, 1.82) is 0 Å². The summed E-state index contributed by atoms with van der Waals surface area (Å²) in [6.07, 6.45) is 4.18. The van der Waals surface area contributed by atoms with Crippen molar-refractivity contribution in [2.75, 3.05) is 13.2 Å². The third-order valence-electron chi connectivity index (χ3n) is 3.98. The van der Waals surface area contributed by atoms with Crippen LogP contribution in [0.5, 0.6) is 5.75 Å². The van der Waals surface area contributed by atoms with Gasteiger partial charge in [0.25, 0.3) is 5.91 Å². The van der Waals surface area contributed by atoms with Gasteiger partial charge >= 0.3 is 5.63 Å². The molecule has 5 heteroatoms. The molecule has 2 aromatic rings. The molecule has 0 aliphatic heterocycles. The number of ether oxygens (including phenoxy) is 1. The van der Waals surface area contributed by atoms with Gasteiger partial charge in [0.05, 0.1) is 0 Å². The molecule has 122 valence electrons. The van der Waals surface area contributed by atoms with Crippen molar-refractivity contribution in [2.24, 2.45) is 5.92 Å². The molecule has 1 fully saturated rings. The van der Waals surface area contributed by atoms with E-state index in [1.165, 1.54) is 18.9 Å². The van der Waals surface area contributed by atoms with E-state index in [0.717, 1.165) is 30.3 Å². The first-order chi connectivity index (χ1) is 11.2. The minimum atomic E-state index is -0.361. The van der Waals surface area contributed by atoms with Crippen molar-refractivity contribution >= 4 is 16.9 Å². The van der Waals surface area contributed by atoms with E-state index in [0.29, 0.717) is 17.3 Å². The van der Waals surface area contributed by atoms with Gasteiger partial charge < -0.3 is 14.5 Å². The highest BCUT2D eigenvalue weighted by Gasteiger charge is 2.21. The Balaban J connectivity index is 1.69. The molecular weight excluding hydrogens is 294 g/mol. The van der Waals surface area contributed by atoms with Crippen LogP contribution in [0.3, 0.4) is 0 Å². The first-order valence-corrected chi connectivity index (χ1v) is 8.12. The minimum Gasteiger partial charge on any atom is -0.484 e. The second kappa shape index (κ2) is 6.86. The number of fused-ring (bicyclic) bond motifs is 1. The maximum Gasteiger partial charge on any atom is 0.336 e. The molecule has 0 unspecified atom stereocenters. The van der Waals surface area contributed by atoms with Crippen LogP contribution in [0.15, 0.2) is 33.5 Å². The molecule has 0 radical (unpaired) electrons. The fraction of sp³-hybridized carbons (Fsp3) is 0.444. The highest BCUT2D eigenvalue weighted by atomic mass is 16.5. The Morgan fingerprint density at radius 2 is 2.17 bits per heavy atom. The molecule has 0 atom stereocenters. The van der Waals surface area contributed by atoms with E-state index in [2.05, 4.69) is 12.2 Å². The van der Waals surface area contributed by atoms with Gasteiger partial charge in [-0.2, -0.15) is 0 Å². The molecule has 1 N–H and O–H groups in total. The smallest absolute Gasteiger partial charge is 0.336 e. The van der Waals surface area contributed by atoms with Crippen molar-refractivity contribution in [3.8, 4) is 5.75 Å².